The predicted octanol–water partition coefficient (Wildman–Crippen LogP) is 3.45. The van der Waals surface area contributed by atoms with Crippen LogP contribution in [0.15, 0.2) is 61.1 Å². The fraction of sp³-hybridized carbons (Fsp3) is 0.286. The van der Waals surface area contributed by atoms with Crippen LogP contribution in [0.4, 0.5) is 0 Å². The molecule has 26 heavy (non-hydrogen) atoms. The Labute approximate surface area is 152 Å². The molecule has 1 aromatic carbocycles. The summed E-state index contributed by atoms with van der Waals surface area (Å²) < 4.78 is 5.77. The van der Waals surface area contributed by atoms with Crippen LogP contribution in [-0.4, -0.2) is 40.0 Å². The van der Waals surface area contributed by atoms with E-state index in [4.69, 9.17) is 4.74 Å². The van der Waals surface area contributed by atoms with Crippen molar-refractivity contribution in [2.75, 3.05) is 13.2 Å². The second-order valence-corrected chi connectivity index (χ2v) is 6.56. The predicted molar refractivity (Wildman–Crippen MR) is 99.7 cm³/mol. The number of amides is 1. The summed E-state index contributed by atoms with van der Waals surface area (Å²) in [6.45, 7) is 1.86. The van der Waals surface area contributed by atoms with Gasteiger partial charge in [-0.15, -0.1) is 0 Å². The normalized spacial score (nSPS) is 16.7. The van der Waals surface area contributed by atoms with E-state index in [2.05, 4.69) is 9.97 Å². The lowest BCUT2D eigenvalue weighted by molar-refractivity contribution is 0.0508. The molecule has 0 N–H and O–H groups in total. The number of hydrogen-bond acceptors (Lipinski definition) is 4. The SMILES string of the molecule is O=C(c1cccc2cccnc12)N(Cc1cccnc1)C[C@H]1CCCO1. The average molecular weight is 347 g/mol. The Hall–Kier alpha value is -2.79. The van der Waals surface area contributed by atoms with Gasteiger partial charge in [0, 0.05) is 43.7 Å². The topological polar surface area (TPSA) is 55.3 Å². The molecule has 3 aromatic rings. The van der Waals surface area contributed by atoms with Gasteiger partial charge in [-0.2, -0.15) is 0 Å². The van der Waals surface area contributed by atoms with Crippen LogP contribution in [-0.2, 0) is 11.3 Å². The Morgan fingerprint density at radius 3 is 2.85 bits per heavy atom. The van der Waals surface area contributed by atoms with Gasteiger partial charge in [0.05, 0.1) is 17.2 Å². The maximum absolute atomic E-state index is 13.4. The number of para-hydroxylation sites is 1. The number of ether oxygens (including phenoxy) is 1. The van der Waals surface area contributed by atoms with Crippen molar-refractivity contribution in [1.82, 2.24) is 14.9 Å². The number of carbonyl (C=O) groups excluding carboxylic acids is 1. The molecular weight excluding hydrogens is 326 g/mol. The lowest BCUT2D eigenvalue weighted by Crippen LogP contribution is -2.37. The van der Waals surface area contributed by atoms with Gasteiger partial charge in [0.2, 0.25) is 0 Å². The first kappa shape index (κ1) is 16.7. The fourth-order valence-corrected chi connectivity index (χ4v) is 3.41. The third-order valence-electron chi connectivity index (χ3n) is 4.69. The van der Waals surface area contributed by atoms with Crippen molar-refractivity contribution in [3.8, 4) is 0 Å². The second kappa shape index (κ2) is 7.62. The van der Waals surface area contributed by atoms with Gasteiger partial charge in [0.25, 0.3) is 5.91 Å². The third-order valence-corrected chi connectivity index (χ3v) is 4.69. The van der Waals surface area contributed by atoms with E-state index < -0.39 is 0 Å². The molecule has 1 saturated heterocycles. The van der Waals surface area contributed by atoms with Crippen LogP contribution in [0.1, 0.15) is 28.8 Å². The van der Waals surface area contributed by atoms with Crippen LogP contribution in [0.2, 0.25) is 0 Å². The van der Waals surface area contributed by atoms with Crippen LogP contribution in [0.5, 0.6) is 0 Å². The second-order valence-electron chi connectivity index (χ2n) is 6.56. The smallest absolute Gasteiger partial charge is 0.256 e. The van der Waals surface area contributed by atoms with Crippen LogP contribution in [0.3, 0.4) is 0 Å². The molecule has 0 spiro atoms. The van der Waals surface area contributed by atoms with Crippen molar-refractivity contribution in [2.24, 2.45) is 0 Å². The molecule has 1 atom stereocenters. The summed E-state index contributed by atoms with van der Waals surface area (Å²) in [6.07, 6.45) is 7.41. The molecule has 0 bridgehead atoms. The summed E-state index contributed by atoms with van der Waals surface area (Å²) in [5.74, 6) is -0.0198. The van der Waals surface area contributed by atoms with E-state index in [-0.39, 0.29) is 12.0 Å². The van der Waals surface area contributed by atoms with Gasteiger partial charge in [-0.25, -0.2) is 0 Å². The highest BCUT2D eigenvalue weighted by Gasteiger charge is 2.25. The van der Waals surface area contributed by atoms with Gasteiger partial charge in [-0.05, 0) is 36.6 Å². The summed E-state index contributed by atoms with van der Waals surface area (Å²) in [4.78, 5) is 23.8. The molecule has 2 aromatic heterocycles. The molecule has 5 nitrogen and oxygen atoms in total. The Bertz CT molecular complexity index is 887. The highest BCUT2D eigenvalue weighted by molar-refractivity contribution is 6.05. The van der Waals surface area contributed by atoms with Gasteiger partial charge in [-0.1, -0.05) is 24.3 Å². The number of pyridine rings is 2. The number of hydrogen-bond donors (Lipinski definition) is 0. The number of carbonyl (C=O) groups is 1. The molecule has 1 fully saturated rings. The van der Waals surface area contributed by atoms with Crippen LogP contribution < -0.4 is 0 Å². The maximum atomic E-state index is 13.4. The van der Waals surface area contributed by atoms with E-state index in [0.29, 0.717) is 18.7 Å². The molecule has 0 radical (unpaired) electrons. The van der Waals surface area contributed by atoms with Gasteiger partial charge in [-0.3, -0.25) is 14.8 Å². The zero-order valence-electron chi connectivity index (χ0n) is 14.5. The minimum absolute atomic E-state index is 0.0198. The van der Waals surface area contributed by atoms with Gasteiger partial charge in [0.1, 0.15) is 0 Å². The summed E-state index contributed by atoms with van der Waals surface area (Å²) >= 11 is 0. The lowest BCUT2D eigenvalue weighted by atomic mass is 10.1. The standard InChI is InChI=1S/C21H21N3O2/c25-21(19-9-1-6-17-7-3-11-23-20(17)19)24(15-18-8-4-12-26-18)14-16-5-2-10-22-13-16/h1-3,5-7,9-11,13,18H,4,8,12,14-15H2/t18-/m1/s1. The van der Waals surface area contributed by atoms with Crippen LogP contribution >= 0.6 is 0 Å². The maximum Gasteiger partial charge on any atom is 0.256 e. The van der Waals surface area contributed by atoms with Crippen molar-refractivity contribution < 1.29 is 9.53 Å². The third kappa shape index (κ3) is 3.58. The quantitative estimate of drug-likeness (QED) is 0.709. The molecule has 1 amide bonds. The first-order chi connectivity index (χ1) is 12.8. The van der Waals surface area contributed by atoms with Crippen molar-refractivity contribution in [2.45, 2.75) is 25.5 Å². The molecule has 0 saturated carbocycles. The highest BCUT2D eigenvalue weighted by atomic mass is 16.5. The Kier molecular flexibility index (Phi) is 4.88. The van der Waals surface area contributed by atoms with Crippen molar-refractivity contribution in [3.63, 3.8) is 0 Å². The van der Waals surface area contributed by atoms with E-state index in [0.717, 1.165) is 35.9 Å². The number of aromatic nitrogens is 2. The molecule has 1 aliphatic heterocycles. The molecule has 4 rings (SSSR count). The summed E-state index contributed by atoms with van der Waals surface area (Å²) in [6, 6.07) is 13.5. The van der Waals surface area contributed by atoms with E-state index in [1.807, 2.05) is 47.4 Å². The minimum atomic E-state index is -0.0198. The van der Waals surface area contributed by atoms with Gasteiger partial charge >= 0.3 is 0 Å². The zero-order chi connectivity index (χ0) is 17.8. The monoisotopic (exact) mass is 347 g/mol. The largest absolute Gasteiger partial charge is 0.376 e. The van der Waals surface area contributed by atoms with Crippen LogP contribution in [0, 0.1) is 0 Å². The number of fused-ring (bicyclic) bond motifs is 1. The minimum Gasteiger partial charge on any atom is -0.376 e. The summed E-state index contributed by atoms with van der Waals surface area (Å²) in [7, 11) is 0. The van der Waals surface area contributed by atoms with Gasteiger partial charge in [0.15, 0.2) is 0 Å². The Balaban J connectivity index is 1.66. The Morgan fingerprint density at radius 1 is 1.15 bits per heavy atom. The van der Waals surface area contributed by atoms with E-state index in [9.17, 15) is 4.79 Å². The van der Waals surface area contributed by atoms with Crippen LogP contribution in [0.25, 0.3) is 10.9 Å². The van der Waals surface area contributed by atoms with Crippen molar-refractivity contribution in [1.29, 1.82) is 0 Å². The molecule has 1 aliphatic rings. The molecule has 3 heterocycles. The lowest BCUT2D eigenvalue weighted by Gasteiger charge is -2.26. The van der Waals surface area contributed by atoms with E-state index in [1.165, 1.54) is 0 Å². The number of benzene rings is 1. The van der Waals surface area contributed by atoms with E-state index in [1.54, 1.807) is 18.6 Å². The highest BCUT2D eigenvalue weighted by Crippen LogP contribution is 2.21. The van der Waals surface area contributed by atoms with Crippen molar-refractivity contribution in [3.05, 3.63) is 72.2 Å². The molecule has 5 heteroatoms. The van der Waals surface area contributed by atoms with Crippen molar-refractivity contribution >= 4 is 16.8 Å². The number of nitrogens with zero attached hydrogens (tertiary/aromatic N) is 3. The summed E-state index contributed by atoms with van der Waals surface area (Å²) in [5, 5.41) is 0.969. The Morgan fingerprint density at radius 2 is 2.04 bits per heavy atom. The summed E-state index contributed by atoms with van der Waals surface area (Å²) in [5.41, 5.74) is 2.38. The zero-order valence-corrected chi connectivity index (χ0v) is 14.5. The molecule has 0 unspecified atom stereocenters. The van der Waals surface area contributed by atoms with E-state index >= 15 is 0 Å². The fourth-order valence-electron chi connectivity index (χ4n) is 3.41. The first-order valence-corrected chi connectivity index (χ1v) is 8.95. The first-order valence-electron chi connectivity index (χ1n) is 8.95. The number of rotatable bonds is 5. The molecular formula is C21H21N3O2. The van der Waals surface area contributed by atoms with Gasteiger partial charge < -0.3 is 9.64 Å². The molecule has 132 valence electrons. The molecule has 0 aliphatic carbocycles. The average Bonchev–Trinajstić information content (AvgIpc) is 3.20.